The Kier molecular flexibility index (Phi) is 3.13. The maximum absolute atomic E-state index is 5.50. The molecule has 1 aliphatic heterocycles. The molecule has 74 valence electrons. The molecule has 2 nitrogen and oxygen atoms in total. The number of nitrogens with one attached hydrogen (secondary N) is 1. The van der Waals surface area contributed by atoms with Crippen molar-refractivity contribution in [3.8, 4) is 0 Å². The molecule has 0 fully saturated rings. The lowest BCUT2D eigenvalue weighted by atomic mass is 10.1. The number of hydrogen-bond acceptors (Lipinski definition) is 2. The van der Waals surface area contributed by atoms with E-state index >= 15 is 0 Å². The highest BCUT2D eigenvalue weighted by Gasteiger charge is 2.17. The second-order valence-electron chi connectivity index (χ2n) is 2.99. The van der Waals surface area contributed by atoms with Crippen LogP contribution in [-0.4, -0.2) is 0 Å². The van der Waals surface area contributed by atoms with Gasteiger partial charge in [-0.25, -0.2) is 0 Å². The predicted molar refractivity (Wildman–Crippen MR) is 63.0 cm³/mol. The molecule has 0 saturated heterocycles. The first kappa shape index (κ1) is 10.1. The molecule has 0 radical (unpaired) electrons. The minimum atomic E-state index is -0.0663. The third kappa shape index (κ3) is 2.12. The molecule has 1 heterocycles. The fraction of sp³-hybridized carbons (Fsp3) is 0.200. The van der Waals surface area contributed by atoms with Crippen molar-refractivity contribution in [2.24, 2.45) is 0 Å². The van der Waals surface area contributed by atoms with Crippen LogP contribution in [0.15, 0.2) is 35.1 Å². The van der Waals surface area contributed by atoms with Crippen molar-refractivity contribution in [2.45, 2.75) is 11.6 Å². The summed E-state index contributed by atoms with van der Waals surface area (Å²) in [6.07, 6.45) is 1.74. The van der Waals surface area contributed by atoms with Crippen LogP contribution in [0.4, 0.5) is 0 Å². The van der Waals surface area contributed by atoms with Crippen LogP contribution < -0.4 is 5.32 Å². The van der Waals surface area contributed by atoms with Gasteiger partial charge in [0.2, 0.25) is 0 Å². The van der Waals surface area contributed by atoms with E-state index in [1.165, 1.54) is 5.56 Å². The lowest BCUT2D eigenvalue weighted by Crippen LogP contribution is -2.11. The number of ether oxygens (including phenoxy) is 1. The normalized spacial score (nSPS) is 19.9. The highest BCUT2D eigenvalue weighted by atomic mass is 79.9. The predicted octanol–water partition coefficient (Wildman–Crippen LogP) is 3.39. The van der Waals surface area contributed by atoms with Crippen LogP contribution in [0.25, 0.3) is 0 Å². The molecule has 1 N–H and O–H groups in total. The van der Waals surface area contributed by atoms with Gasteiger partial charge in [0, 0.05) is 17.1 Å². The van der Waals surface area contributed by atoms with Gasteiger partial charge < -0.3 is 10.1 Å². The van der Waals surface area contributed by atoms with Gasteiger partial charge in [0.05, 0.1) is 0 Å². The standard InChI is InChI=1S/C10H9Br2NO/c11-5-7-2-1-3-8(4-7)10-13-6-9(12)14-10/h1-4,6,10,13H,5H2. The lowest BCUT2D eigenvalue weighted by molar-refractivity contribution is 0.149. The summed E-state index contributed by atoms with van der Waals surface area (Å²) >= 11 is 6.71. The van der Waals surface area contributed by atoms with Crippen LogP contribution in [-0.2, 0) is 10.1 Å². The molecule has 1 aromatic rings. The summed E-state index contributed by atoms with van der Waals surface area (Å²) in [7, 11) is 0. The van der Waals surface area contributed by atoms with Crippen LogP contribution in [0.3, 0.4) is 0 Å². The van der Waals surface area contributed by atoms with Crippen LogP contribution in [0.2, 0.25) is 0 Å². The molecule has 1 unspecified atom stereocenters. The quantitative estimate of drug-likeness (QED) is 0.844. The Morgan fingerprint density at radius 1 is 1.43 bits per heavy atom. The molecule has 0 bridgehead atoms. The Bertz CT molecular complexity index is 365. The molecule has 0 amide bonds. The minimum absolute atomic E-state index is 0.0663. The van der Waals surface area contributed by atoms with E-state index in [1.54, 1.807) is 0 Å². The second kappa shape index (κ2) is 4.36. The number of rotatable bonds is 2. The molecular weight excluding hydrogens is 310 g/mol. The summed E-state index contributed by atoms with van der Waals surface area (Å²) in [4.78, 5) is 0. The molecule has 0 aromatic heterocycles. The molecule has 14 heavy (non-hydrogen) atoms. The van der Waals surface area contributed by atoms with Crippen molar-refractivity contribution in [1.82, 2.24) is 5.32 Å². The Balaban J connectivity index is 2.17. The van der Waals surface area contributed by atoms with Gasteiger partial charge in [0.15, 0.2) is 10.9 Å². The molecule has 2 rings (SSSR count). The molecule has 1 aliphatic rings. The summed E-state index contributed by atoms with van der Waals surface area (Å²) in [5, 5.41) is 3.99. The van der Waals surface area contributed by atoms with Gasteiger partial charge in [0.25, 0.3) is 0 Å². The average Bonchev–Trinajstić information content (AvgIpc) is 2.65. The van der Waals surface area contributed by atoms with Crippen molar-refractivity contribution >= 4 is 31.9 Å². The molecule has 1 atom stereocenters. The van der Waals surface area contributed by atoms with E-state index in [2.05, 4.69) is 49.3 Å². The van der Waals surface area contributed by atoms with Gasteiger partial charge in [-0.05, 0) is 27.6 Å². The van der Waals surface area contributed by atoms with Gasteiger partial charge in [0.1, 0.15) is 0 Å². The zero-order valence-electron chi connectivity index (χ0n) is 7.34. The van der Waals surface area contributed by atoms with Crippen molar-refractivity contribution < 1.29 is 4.74 Å². The van der Waals surface area contributed by atoms with Crippen molar-refractivity contribution in [3.63, 3.8) is 0 Å². The van der Waals surface area contributed by atoms with Crippen molar-refractivity contribution in [1.29, 1.82) is 0 Å². The van der Waals surface area contributed by atoms with E-state index in [0.717, 1.165) is 15.6 Å². The van der Waals surface area contributed by atoms with Crippen LogP contribution in [0.1, 0.15) is 17.4 Å². The molecule has 4 heteroatoms. The first-order valence-electron chi connectivity index (χ1n) is 4.23. The fourth-order valence-corrected chi connectivity index (χ4v) is 1.99. The van der Waals surface area contributed by atoms with E-state index in [-0.39, 0.29) is 6.23 Å². The maximum Gasteiger partial charge on any atom is 0.196 e. The third-order valence-corrected chi connectivity index (χ3v) is 3.05. The van der Waals surface area contributed by atoms with E-state index in [9.17, 15) is 0 Å². The van der Waals surface area contributed by atoms with Gasteiger partial charge in [-0.15, -0.1) is 0 Å². The third-order valence-electron chi connectivity index (χ3n) is 1.99. The number of halogens is 2. The number of alkyl halides is 1. The second-order valence-corrected chi connectivity index (χ2v) is 4.33. The Labute approximate surface area is 99.6 Å². The summed E-state index contributed by atoms with van der Waals surface area (Å²) in [6, 6.07) is 8.27. The number of benzene rings is 1. The maximum atomic E-state index is 5.50. The summed E-state index contributed by atoms with van der Waals surface area (Å²) < 4.78 is 6.24. The molecular formula is C10H9Br2NO. The Morgan fingerprint density at radius 3 is 2.93 bits per heavy atom. The molecule has 0 spiro atoms. The van der Waals surface area contributed by atoms with Crippen molar-refractivity contribution in [3.05, 3.63) is 46.3 Å². The average molecular weight is 319 g/mol. The fourth-order valence-electron chi connectivity index (χ4n) is 1.33. The summed E-state index contributed by atoms with van der Waals surface area (Å²) in [5.41, 5.74) is 2.38. The van der Waals surface area contributed by atoms with Gasteiger partial charge in [-0.2, -0.15) is 0 Å². The minimum Gasteiger partial charge on any atom is -0.458 e. The highest BCUT2D eigenvalue weighted by Crippen LogP contribution is 2.26. The summed E-state index contributed by atoms with van der Waals surface area (Å²) in [5.74, 6) is 0. The van der Waals surface area contributed by atoms with Crippen LogP contribution in [0, 0.1) is 0 Å². The highest BCUT2D eigenvalue weighted by molar-refractivity contribution is 9.11. The molecule has 1 aromatic carbocycles. The zero-order valence-corrected chi connectivity index (χ0v) is 10.5. The SMILES string of the molecule is BrCc1cccc(C2NC=C(Br)O2)c1. The molecule has 0 saturated carbocycles. The van der Waals surface area contributed by atoms with E-state index in [1.807, 2.05) is 18.3 Å². The molecule has 0 aliphatic carbocycles. The van der Waals surface area contributed by atoms with Gasteiger partial charge in [-0.3, -0.25) is 0 Å². The monoisotopic (exact) mass is 317 g/mol. The first-order chi connectivity index (χ1) is 6.79. The van der Waals surface area contributed by atoms with E-state index < -0.39 is 0 Å². The van der Waals surface area contributed by atoms with Gasteiger partial charge in [-0.1, -0.05) is 34.1 Å². The zero-order chi connectivity index (χ0) is 9.97. The Morgan fingerprint density at radius 2 is 2.29 bits per heavy atom. The van der Waals surface area contributed by atoms with Crippen LogP contribution >= 0.6 is 31.9 Å². The summed E-state index contributed by atoms with van der Waals surface area (Å²) in [6.45, 7) is 0. The smallest absolute Gasteiger partial charge is 0.196 e. The first-order valence-corrected chi connectivity index (χ1v) is 6.14. The lowest BCUT2D eigenvalue weighted by Gasteiger charge is -2.12. The van der Waals surface area contributed by atoms with E-state index in [4.69, 9.17) is 4.74 Å². The topological polar surface area (TPSA) is 21.3 Å². The van der Waals surface area contributed by atoms with Crippen LogP contribution in [0.5, 0.6) is 0 Å². The van der Waals surface area contributed by atoms with Crippen molar-refractivity contribution in [2.75, 3.05) is 0 Å². The number of hydrogen-bond donors (Lipinski definition) is 1. The Hall–Kier alpha value is -0.480. The van der Waals surface area contributed by atoms with E-state index in [0.29, 0.717) is 0 Å². The van der Waals surface area contributed by atoms with Gasteiger partial charge >= 0.3 is 0 Å². The largest absolute Gasteiger partial charge is 0.458 e.